The molecule has 2 aromatic heterocycles. The highest BCUT2D eigenvalue weighted by Gasteiger charge is 2.17. The quantitative estimate of drug-likeness (QED) is 0.851. The lowest BCUT2D eigenvalue weighted by Crippen LogP contribution is -2.40. The number of nitrogens with one attached hydrogen (secondary N) is 2. The number of pyridine rings is 1. The molecule has 5 nitrogen and oxygen atoms in total. The van der Waals surface area contributed by atoms with Gasteiger partial charge in [0.05, 0.1) is 17.3 Å². The van der Waals surface area contributed by atoms with E-state index in [0.717, 1.165) is 31.4 Å². The molecule has 0 saturated carbocycles. The van der Waals surface area contributed by atoms with Gasteiger partial charge in [0, 0.05) is 18.8 Å². The summed E-state index contributed by atoms with van der Waals surface area (Å²) in [6.07, 6.45) is 6.94. The molecule has 1 aliphatic heterocycles. The minimum Gasteiger partial charge on any atom is -0.348 e. The van der Waals surface area contributed by atoms with Gasteiger partial charge in [0.25, 0.3) is 5.91 Å². The van der Waals surface area contributed by atoms with Crippen molar-refractivity contribution in [1.29, 1.82) is 0 Å². The van der Waals surface area contributed by atoms with Crippen LogP contribution in [-0.4, -0.2) is 34.7 Å². The van der Waals surface area contributed by atoms with Crippen molar-refractivity contribution in [1.82, 2.24) is 20.2 Å². The predicted molar refractivity (Wildman–Crippen MR) is 73.2 cm³/mol. The third-order valence-corrected chi connectivity index (χ3v) is 3.56. The van der Waals surface area contributed by atoms with Gasteiger partial charge in [-0.2, -0.15) is 5.10 Å². The molecule has 0 aromatic carbocycles. The normalized spacial score (nSPS) is 20.1. The third-order valence-electron chi connectivity index (χ3n) is 3.56. The van der Waals surface area contributed by atoms with Gasteiger partial charge in [-0.3, -0.25) is 4.79 Å². The molecule has 2 aromatic rings. The maximum Gasteiger partial charge on any atom is 0.253 e. The van der Waals surface area contributed by atoms with E-state index in [-0.39, 0.29) is 11.9 Å². The topological polar surface area (TPSA) is 58.4 Å². The summed E-state index contributed by atoms with van der Waals surface area (Å²) >= 11 is 0. The van der Waals surface area contributed by atoms with Crippen LogP contribution in [-0.2, 0) is 0 Å². The van der Waals surface area contributed by atoms with Crippen molar-refractivity contribution in [2.24, 2.45) is 0 Å². The Bertz CT molecular complexity index is 570. The second-order valence-corrected chi connectivity index (χ2v) is 4.95. The number of nitrogens with zero attached hydrogens (tertiary/aromatic N) is 2. The monoisotopic (exact) mass is 258 g/mol. The van der Waals surface area contributed by atoms with Crippen molar-refractivity contribution in [2.45, 2.75) is 25.3 Å². The summed E-state index contributed by atoms with van der Waals surface area (Å²) in [6, 6.07) is 5.77. The molecule has 3 heterocycles. The molecule has 0 unspecified atom stereocenters. The minimum atomic E-state index is -0.0141. The van der Waals surface area contributed by atoms with E-state index in [4.69, 9.17) is 0 Å². The van der Waals surface area contributed by atoms with Crippen LogP contribution in [0.5, 0.6) is 0 Å². The molecule has 3 rings (SSSR count). The zero-order valence-electron chi connectivity index (χ0n) is 10.8. The van der Waals surface area contributed by atoms with E-state index < -0.39 is 0 Å². The van der Waals surface area contributed by atoms with E-state index in [1.807, 2.05) is 24.4 Å². The Morgan fingerprint density at radius 3 is 3.32 bits per heavy atom. The molecule has 1 amide bonds. The van der Waals surface area contributed by atoms with Crippen LogP contribution in [0, 0.1) is 0 Å². The molecule has 1 aliphatic rings. The summed E-state index contributed by atoms with van der Waals surface area (Å²) < 4.78 is 1.72. The van der Waals surface area contributed by atoms with Crippen molar-refractivity contribution in [3.63, 3.8) is 0 Å². The number of hydrogen-bond donors (Lipinski definition) is 2. The smallest absolute Gasteiger partial charge is 0.253 e. The summed E-state index contributed by atoms with van der Waals surface area (Å²) in [7, 11) is 0. The molecule has 0 radical (unpaired) electrons. The van der Waals surface area contributed by atoms with Crippen LogP contribution >= 0.6 is 0 Å². The van der Waals surface area contributed by atoms with E-state index in [1.165, 1.54) is 6.42 Å². The first-order chi connectivity index (χ1) is 9.34. The molecule has 0 spiro atoms. The molecule has 1 fully saturated rings. The highest BCUT2D eigenvalue weighted by atomic mass is 16.1. The Morgan fingerprint density at radius 1 is 1.42 bits per heavy atom. The van der Waals surface area contributed by atoms with Crippen LogP contribution in [0.15, 0.2) is 30.6 Å². The summed E-state index contributed by atoms with van der Waals surface area (Å²) in [4.78, 5) is 12.4. The predicted octanol–water partition coefficient (Wildman–Crippen LogP) is 1.21. The van der Waals surface area contributed by atoms with Gasteiger partial charge in [-0.05, 0) is 37.6 Å². The highest BCUT2D eigenvalue weighted by Crippen LogP contribution is 2.11. The van der Waals surface area contributed by atoms with Gasteiger partial charge < -0.3 is 10.6 Å². The van der Waals surface area contributed by atoms with Crippen LogP contribution < -0.4 is 10.6 Å². The van der Waals surface area contributed by atoms with Crippen molar-refractivity contribution < 1.29 is 4.79 Å². The number of rotatable bonds is 2. The second kappa shape index (κ2) is 5.40. The van der Waals surface area contributed by atoms with E-state index in [2.05, 4.69) is 15.7 Å². The van der Waals surface area contributed by atoms with Crippen LogP contribution in [0.1, 0.15) is 29.6 Å². The van der Waals surface area contributed by atoms with Crippen molar-refractivity contribution in [3.8, 4) is 0 Å². The van der Waals surface area contributed by atoms with Crippen molar-refractivity contribution >= 4 is 11.4 Å². The zero-order valence-corrected chi connectivity index (χ0v) is 10.8. The molecule has 19 heavy (non-hydrogen) atoms. The molecular formula is C14H18N4O. The minimum absolute atomic E-state index is 0.0141. The Hall–Kier alpha value is -1.88. The molecule has 0 bridgehead atoms. The number of carbonyl (C=O) groups is 1. The largest absolute Gasteiger partial charge is 0.348 e. The Kier molecular flexibility index (Phi) is 3.46. The molecular weight excluding hydrogens is 240 g/mol. The molecule has 2 N–H and O–H groups in total. The molecule has 1 saturated heterocycles. The number of carbonyl (C=O) groups excluding carboxylic acids is 1. The van der Waals surface area contributed by atoms with Crippen LogP contribution in [0.2, 0.25) is 0 Å². The van der Waals surface area contributed by atoms with Crippen LogP contribution in [0.3, 0.4) is 0 Å². The number of amides is 1. The van der Waals surface area contributed by atoms with Gasteiger partial charge in [0.2, 0.25) is 0 Å². The third kappa shape index (κ3) is 2.61. The number of fused-ring (bicyclic) bond motifs is 1. The summed E-state index contributed by atoms with van der Waals surface area (Å²) in [5, 5.41) is 10.6. The maximum absolute atomic E-state index is 12.4. The van der Waals surface area contributed by atoms with Gasteiger partial charge in [-0.1, -0.05) is 6.42 Å². The average Bonchev–Trinajstić information content (AvgIpc) is 2.76. The van der Waals surface area contributed by atoms with Crippen LogP contribution in [0.25, 0.3) is 5.52 Å². The van der Waals surface area contributed by atoms with E-state index in [1.54, 1.807) is 10.7 Å². The summed E-state index contributed by atoms with van der Waals surface area (Å²) in [5.74, 6) is -0.0141. The fourth-order valence-corrected chi connectivity index (χ4v) is 2.55. The maximum atomic E-state index is 12.4. The van der Waals surface area contributed by atoms with Gasteiger partial charge >= 0.3 is 0 Å². The Morgan fingerprint density at radius 2 is 2.37 bits per heavy atom. The number of aromatic nitrogens is 2. The lowest BCUT2D eigenvalue weighted by molar-refractivity contribution is 0.0937. The molecule has 100 valence electrons. The van der Waals surface area contributed by atoms with Crippen molar-refractivity contribution in [2.75, 3.05) is 13.1 Å². The average molecular weight is 258 g/mol. The standard InChI is InChI=1S/C14H18N4O/c19-14(17-11-4-1-2-7-15-10-11)12-5-3-9-18-13(12)6-8-16-18/h3,5-6,8-9,11,15H,1-2,4,7,10H2,(H,17,19)/t11-/m0/s1. The van der Waals surface area contributed by atoms with E-state index in [9.17, 15) is 4.79 Å². The lowest BCUT2D eigenvalue weighted by Gasteiger charge is -2.16. The first-order valence-corrected chi connectivity index (χ1v) is 6.78. The van der Waals surface area contributed by atoms with Crippen molar-refractivity contribution in [3.05, 3.63) is 36.2 Å². The van der Waals surface area contributed by atoms with E-state index >= 15 is 0 Å². The van der Waals surface area contributed by atoms with Crippen LogP contribution in [0.4, 0.5) is 0 Å². The summed E-state index contributed by atoms with van der Waals surface area (Å²) in [5.41, 5.74) is 1.53. The lowest BCUT2D eigenvalue weighted by atomic mass is 10.1. The zero-order chi connectivity index (χ0) is 13.1. The first-order valence-electron chi connectivity index (χ1n) is 6.78. The van der Waals surface area contributed by atoms with E-state index in [0.29, 0.717) is 5.56 Å². The highest BCUT2D eigenvalue weighted by molar-refractivity contribution is 6.00. The van der Waals surface area contributed by atoms with Gasteiger partial charge in [-0.25, -0.2) is 4.52 Å². The molecule has 0 aliphatic carbocycles. The first kappa shape index (κ1) is 12.2. The Balaban J connectivity index is 1.77. The Labute approximate surface area is 112 Å². The second-order valence-electron chi connectivity index (χ2n) is 4.95. The van der Waals surface area contributed by atoms with Gasteiger partial charge in [0.15, 0.2) is 0 Å². The fraction of sp³-hybridized carbons (Fsp3) is 0.429. The van der Waals surface area contributed by atoms with Gasteiger partial charge in [-0.15, -0.1) is 0 Å². The summed E-state index contributed by atoms with van der Waals surface area (Å²) in [6.45, 7) is 1.90. The van der Waals surface area contributed by atoms with Gasteiger partial charge in [0.1, 0.15) is 0 Å². The molecule has 5 heteroatoms. The SMILES string of the molecule is O=C(N[C@H]1CCCCNC1)c1cccn2nccc12. The fourth-order valence-electron chi connectivity index (χ4n) is 2.55. The molecule has 1 atom stereocenters. The number of hydrogen-bond acceptors (Lipinski definition) is 3.